The van der Waals surface area contributed by atoms with Crippen molar-refractivity contribution in [2.75, 3.05) is 23.5 Å². The van der Waals surface area contributed by atoms with Gasteiger partial charge in [-0.05, 0) is 37.1 Å². The molecule has 2 aromatic carbocycles. The molecule has 1 fully saturated rings. The summed E-state index contributed by atoms with van der Waals surface area (Å²) in [7, 11) is -4.04. The average molecular weight is 440 g/mol. The number of fused-ring (bicyclic) bond motifs is 2. The van der Waals surface area contributed by atoms with E-state index in [0.29, 0.717) is 37.3 Å². The van der Waals surface area contributed by atoms with Crippen LogP contribution in [-0.2, 0) is 19.6 Å². The molecular weight excluding hydrogens is 420 g/mol. The lowest BCUT2D eigenvalue weighted by atomic mass is 9.89. The minimum atomic E-state index is -4.04. The number of nitrogens with one attached hydrogen (secondary N) is 2. The van der Waals surface area contributed by atoms with Crippen molar-refractivity contribution in [2.24, 2.45) is 10.3 Å². The number of nitrogens with zero attached hydrogens (tertiary/aromatic N) is 2. The number of ether oxygens (including phenoxy) is 1. The summed E-state index contributed by atoms with van der Waals surface area (Å²) in [5.74, 6) is -2.66. The van der Waals surface area contributed by atoms with Crippen LogP contribution in [0.5, 0.6) is 0 Å². The molecule has 9 nitrogen and oxygen atoms in total. The number of hydrogen-bond donors (Lipinski definition) is 2. The molecule has 3 heterocycles. The predicted molar refractivity (Wildman–Crippen MR) is 113 cm³/mol. The number of benzene rings is 2. The molecule has 2 aromatic rings. The van der Waals surface area contributed by atoms with Crippen LogP contribution in [0.1, 0.15) is 23.2 Å². The number of amidine groups is 1. The third kappa shape index (κ3) is 3.42. The Bertz CT molecular complexity index is 1200. The maximum absolute atomic E-state index is 13.5. The monoisotopic (exact) mass is 440 g/mol. The SMILES string of the molecule is O=C1c2ccccc2N(NC2CCOCC2)C(=O)C1C1=NS(=O)(=O)c2ccccc2N1. The molecule has 0 bridgehead atoms. The molecular formula is C21H20N4O5S. The van der Waals surface area contributed by atoms with Gasteiger partial charge >= 0.3 is 0 Å². The number of carbonyl (C=O) groups is 2. The van der Waals surface area contributed by atoms with Gasteiger partial charge in [-0.1, -0.05) is 24.3 Å². The van der Waals surface area contributed by atoms with Crippen molar-refractivity contribution in [1.82, 2.24) is 5.43 Å². The molecule has 5 rings (SSSR count). The number of hydrazine groups is 1. The largest absolute Gasteiger partial charge is 0.381 e. The highest BCUT2D eigenvalue weighted by molar-refractivity contribution is 7.90. The fourth-order valence-corrected chi connectivity index (χ4v) is 5.19. The molecule has 1 unspecified atom stereocenters. The Balaban J connectivity index is 1.56. The molecule has 0 spiro atoms. The Morgan fingerprint density at radius 2 is 1.74 bits per heavy atom. The van der Waals surface area contributed by atoms with Gasteiger partial charge in [0.1, 0.15) is 10.7 Å². The van der Waals surface area contributed by atoms with Crippen LogP contribution in [0.15, 0.2) is 57.8 Å². The quantitative estimate of drug-likeness (QED) is 0.698. The van der Waals surface area contributed by atoms with Gasteiger partial charge in [0.25, 0.3) is 15.9 Å². The minimum Gasteiger partial charge on any atom is -0.381 e. The molecule has 1 atom stereocenters. The van der Waals surface area contributed by atoms with Crippen LogP contribution >= 0.6 is 0 Å². The summed E-state index contributed by atoms with van der Waals surface area (Å²) in [6.45, 7) is 1.15. The molecule has 1 saturated heterocycles. The number of rotatable bonds is 3. The Morgan fingerprint density at radius 1 is 1.03 bits per heavy atom. The molecule has 0 aromatic heterocycles. The molecule has 10 heteroatoms. The zero-order chi connectivity index (χ0) is 21.6. The minimum absolute atomic E-state index is 0.00652. The second-order valence-electron chi connectivity index (χ2n) is 7.58. The first-order valence-electron chi connectivity index (χ1n) is 9.98. The van der Waals surface area contributed by atoms with Gasteiger partial charge < -0.3 is 10.1 Å². The van der Waals surface area contributed by atoms with Crippen molar-refractivity contribution in [3.05, 3.63) is 54.1 Å². The van der Waals surface area contributed by atoms with E-state index >= 15 is 0 Å². The topological polar surface area (TPSA) is 117 Å². The van der Waals surface area contributed by atoms with Gasteiger partial charge in [-0.25, -0.2) is 10.4 Å². The first-order valence-corrected chi connectivity index (χ1v) is 11.4. The van der Waals surface area contributed by atoms with Crippen LogP contribution in [-0.4, -0.2) is 45.2 Å². The van der Waals surface area contributed by atoms with Crippen molar-refractivity contribution < 1.29 is 22.7 Å². The van der Waals surface area contributed by atoms with Gasteiger partial charge in [0.2, 0.25) is 0 Å². The second kappa shape index (κ2) is 7.56. The lowest BCUT2D eigenvalue weighted by molar-refractivity contribution is -0.120. The highest BCUT2D eigenvalue weighted by Gasteiger charge is 2.45. The predicted octanol–water partition coefficient (Wildman–Crippen LogP) is 1.73. The van der Waals surface area contributed by atoms with E-state index in [-0.39, 0.29) is 22.5 Å². The molecule has 1 amide bonds. The van der Waals surface area contributed by atoms with E-state index < -0.39 is 27.6 Å². The van der Waals surface area contributed by atoms with Gasteiger partial charge in [-0.2, -0.15) is 8.42 Å². The first kappa shape index (κ1) is 19.9. The van der Waals surface area contributed by atoms with E-state index in [1.54, 1.807) is 42.5 Å². The van der Waals surface area contributed by atoms with E-state index in [9.17, 15) is 18.0 Å². The van der Waals surface area contributed by atoms with E-state index in [0.717, 1.165) is 0 Å². The first-order chi connectivity index (χ1) is 15.0. The van der Waals surface area contributed by atoms with E-state index in [2.05, 4.69) is 15.1 Å². The molecule has 3 aliphatic heterocycles. The third-order valence-electron chi connectivity index (χ3n) is 5.59. The third-order valence-corrected chi connectivity index (χ3v) is 6.94. The van der Waals surface area contributed by atoms with Gasteiger partial charge in [0, 0.05) is 24.8 Å². The van der Waals surface area contributed by atoms with Gasteiger partial charge in [0.05, 0.1) is 11.4 Å². The van der Waals surface area contributed by atoms with Crippen molar-refractivity contribution in [3.8, 4) is 0 Å². The Labute approximate surface area is 179 Å². The van der Waals surface area contributed by atoms with E-state index in [1.165, 1.54) is 11.1 Å². The summed E-state index contributed by atoms with van der Waals surface area (Å²) in [6.07, 6.45) is 1.43. The lowest BCUT2D eigenvalue weighted by Gasteiger charge is -2.37. The number of carbonyl (C=O) groups excluding carboxylic acids is 2. The van der Waals surface area contributed by atoms with Crippen molar-refractivity contribution in [3.63, 3.8) is 0 Å². The van der Waals surface area contributed by atoms with Crippen molar-refractivity contribution in [1.29, 1.82) is 0 Å². The van der Waals surface area contributed by atoms with Gasteiger partial charge in [-0.15, -0.1) is 4.40 Å². The van der Waals surface area contributed by atoms with Crippen LogP contribution < -0.4 is 15.8 Å². The fraction of sp³-hybridized carbons (Fsp3) is 0.286. The number of anilines is 2. The molecule has 0 radical (unpaired) electrons. The molecule has 0 saturated carbocycles. The number of Topliss-reactive ketones (excluding diaryl/α,β-unsaturated/α-hetero) is 1. The Kier molecular flexibility index (Phi) is 4.84. The lowest BCUT2D eigenvalue weighted by Crippen LogP contribution is -2.58. The van der Waals surface area contributed by atoms with Crippen LogP contribution in [0.3, 0.4) is 0 Å². The molecule has 31 heavy (non-hydrogen) atoms. The Morgan fingerprint density at radius 3 is 2.55 bits per heavy atom. The maximum atomic E-state index is 13.5. The van der Waals surface area contributed by atoms with Crippen LogP contribution in [0.2, 0.25) is 0 Å². The number of amides is 1. The zero-order valence-corrected chi connectivity index (χ0v) is 17.3. The normalized spacial score (nSPS) is 22.9. The Hall–Kier alpha value is -3.08. The van der Waals surface area contributed by atoms with Crippen LogP contribution in [0.4, 0.5) is 11.4 Å². The van der Waals surface area contributed by atoms with Crippen LogP contribution in [0.25, 0.3) is 0 Å². The summed E-state index contributed by atoms with van der Waals surface area (Å²) < 4.78 is 34.6. The highest BCUT2D eigenvalue weighted by atomic mass is 32.2. The second-order valence-corrected chi connectivity index (χ2v) is 9.15. The molecule has 2 N–H and O–H groups in total. The summed E-state index contributed by atoms with van der Waals surface area (Å²) in [4.78, 5) is 26.8. The molecule has 3 aliphatic rings. The van der Waals surface area contributed by atoms with Gasteiger partial charge in [0.15, 0.2) is 11.7 Å². The number of ketones is 1. The maximum Gasteiger partial charge on any atom is 0.286 e. The zero-order valence-electron chi connectivity index (χ0n) is 16.4. The molecule has 0 aliphatic carbocycles. The van der Waals surface area contributed by atoms with E-state index in [4.69, 9.17) is 4.74 Å². The summed E-state index contributed by atoms with van der Waals surface area (Å²) in [5.41, 5.74) is 4.27. The summed E-state index contributed by atoms with van der Waals surface area (Å²) >= 11 is 0. The number of para-hydroxylation sites is 2. The summed E-state index contributed by atoms with van der Waals surface area (Å²) in [5, 5.41) is 4.25. The van der Waals surface area contributed by atoms with Crippen molar-refractivity contribution >= 4 is 38.9 Å². The standard InChI is InChI=1S/C21H20N4O5S/c26-19-14-5-1-3-7-16(14)25(23-13-9-11-30-12-10-13)21(27)18(19)20-22-15-6-2-4-8-17(15)31(28,29)24-20/h1-8,13,18,23H,9-12H2,(H,22,24). The highest BCUT2D eigenvalue weighted by Crippen LogP contribution is 2.34. The van der Waals surface area contributed by atoms with Crippen molar-refractivity contribution in [2.45, 2.75) is 23.8 Å². The fourth-order valence-electron chi connectivity index (χ4n) is 4.04. The summed E-state index contributed by atoms with van der Waals surface area (Å²) in [6, 6.07) is 13.0. The molecule has 160 valence electrons. The number of sulfonamides is 1. The van der Waals surface area contributed by atoms with Crippen LogP contribution in [0, 0.1) is 5.92 Å². The number of hydrogen-bond acceptors (Lipinski definition) is 7. The smallest absolute Gasteiger partial charge is 0.286 e. The van der Waals surface area contributed by atoms with Gasteiger partial charge in [-0.3, -0.25) is 9.59 Å². The average Bonchev–Trinajstić information content (AvgIpc) is 2.77. The van der Waals surface area contributed by atoms with E-state index in [1.807, 2.05) is 0 Å².